The molecule has 76 valence electrons. The number of terminal acetylenes is 1. The lowest BCUT2D eigenvalue weighted by Gasteiger charge is -2.18. The Morgan fingerprint density at radius 3 is 2.71 bits per heavy atom. The van der Waals surface area contributed by atoms with E-state index in [9.17, 15) is 0 Å². The van der Waals surface area contributed by atoms with Crippen molar-refractivity contribution in [2.24, 2.45) is 5.41 Å². The van der Waals surface area contributed by atoms with Crippen molar-refractivity contribution in [2.45, 2.75) is 45.1 Å². The molecule has 0 aromatic heterocycles. The van der Waals surface area contributed by atoms with Crippen molar-refractivity contribution in [2.75, 3.05) is 6.54 Å². The summed E-state index contributed by atoms with van der Waals surface area (Å²) in [5, 5.41) is 12.1. The van der Waals surface area contributed by atoms with Crippen molar-refractivity contribution in [1.82, 2.24) is 5.32 Å². The van der Waals surface area contributed by atoms with Gasteiger partial charge in [-0.25, -0.2) is 0 Å². The molecule has 2 heteroatoms. The monoisotopic (exact) mass is 190 g/mol. The fourth-order valence-corrected chi connectivity index (χ4v) is 1.62. The van der Waals surface area contributed by atoms with E-state index in [0.29, 0.717) is 12.5 Å². The summed E-state index contributed by atoms with van der Waals surface area (Å²) in [6, 6.07) is 2.69. The van der Waals surface area contributed by atoms with Crippen LogP contribution in [0.5, 0.6) is 0 Å². The Morgan fingerprint density at radius 2 is 2.29 bits per heavy atom. The smallest absolute Gasteiger partial charge is 0.0628 e. The first-order valence-electron chi connectivity index (χ1n) is 5.30. The third-order valence-electron chi connectivity index (χ3n) is 3.03. The van der Waals surface area contributed by atoms with Crippen LogP contribution in [0, 0.1) is 29.1 Å². The van der Waals surface area contributed by atoms with Crippen molar-refractivity contribution in [1.29, 1.82) is 5.26 Å². The SMILES string of the molecule is C#CCC(CC)NCC1(CC#N)CC1. The van der Waals surface area contributed by atoms with E-state index in [2.05, 4.69) is 24.2 Å². The Labute approximate surface area is 86.7 Å². The van der Waals surface area contributed by atoms with E-state index in [4.69, 9.17) is 11.7 Å². The number of rotatable bonds is 6. The first kappa shape index (κ1) is 11.1. The molecule has 0 spiro atoms. The number of nitrogens with one attached hydrogen (secondary N) is 1. The van der Waals surface area contributed by atoms with Gasteiger partial charge in [-0.15, -0.1) is 12.3 Å². The lowest BCUT2D eigenvalue weighted by atomic mass is 10.0. The van der Waals surface area contributed by atoms with Gasteiger partial charge in [0.25, 0.3) is 0 Å². The molecular weight excluding hydrogens is 172 g/mol. The summed E-state index contributed by atoms with van der Waals surface area (Å²) >= 11 is 0. The average Bonchev–Trinajstić information content (AvgIpc) is 2.94. The molecule has 1 N–H and O–H groups in total. The summed E-state index contributed by atoms with van der Waals surface area (Å²) in [7, 11) is 0. The van der Waals surface area contributed by atoms with Gasteiger partial charge in [0.15, 0.2) is 0 Å². The van der Waals surface area contributed by atoms with Gasteiger partial charge in [0.2, 0.25) is 0 Å². The Hall–Kier alpha value is -0.990. The lowest BCUT2D eigenvalue weighted by Crippen LogP contribution is -2.33. The van der Waals surface area contributed by atoms with Crippen LogP contribution in [-0.4, -0.2) is 12.6 Å². The van der Waals surface area contributed by atoms with Gasteiger partial charge in [-0.3, -0.25) is 0 Å². The van der Waals surface area contributed by atoms with Crippen LogP contribution in [0.3, 0.4) is 0 Å². The topological polar surface area (TPSA) is 35.8 Å². The quantitative estimate of drug-likeness (QED) is 0.651. The highest BCUT2D eigenvalue weighted by Crippen LogP contribution is 2.47. The Kier molecular flexibility index (Phi) is 3.98. The summed E-state index contributed by atoms with van der Waals surface area (Å²) < 4.78 is 0. The summed E-state index contributed by atoms with van der Waals surface area (Å²) in [5.74, 6) is 2.68. The normalized spacial score (nSPS) is 19.4. The van der Waals surface area contributed by atoms with E-state index < -0.39 is 0 Å². The molecule has 14 heavy (non-hydrogen) atoms. The molecule has 1 atom stereocenters. The summed E-state index contributed by atoms with van der Waals surface area (Å²) in [6.45, 7) is 3.10. The van der Waals surface area contributed by atoms with E-state index in [1.165, 1.54) is 12.8 Å². The molecule has 0 aromatic rings. The zero-order valence-corrected chi connectivity index (χ0v) is 8.84. The van der Waals surface area contributed by atoms with Crippen LogP contribution >= 0.6 is 0 Å². The number of hydrogen-bond donors (Lipinski definition) is 1. The molecular formula is C12H18N2. The highest BCUT2D eigenvalue weighted by atomic mass is 14.9. The average molecular weight is 190 g/mol. The van der Waals surface area contributed by atoms with Gasteiger partial charge >= 0.3 is 0 Å². The van der Waals surface area contributed by atoms with Gasteiger partial charge in [0, 0.05) is 25.4 Å². The van der Waals surface area contributed by atoms with Crippen molar-refractivity contribution in [3.8, 4) is 18.4 Å². The lowest BCUT2D eigenvalue weighted by molar-refractivity contribution is 0.410. The Morgan fingerprint density at radius 1 is 1.57 bits per heavy atom. The second-order valence-corrected chi connectivity index (χ2v) is 4.23. The van der Waals surface area contributed by atoms with Crippen molar-refractivity contribution in [3.63, 3.8) is 0 Å². The van der Waals surface area contributed by atoms with Crippen molar-refractivity contribution < 1.29 is 0 Å². The predicted octanol–water partition coefficient (Wildman–Crippen LogP) is 2.07. The van der Waals surface area contributed by atoms with Gasteiger partial charge in [-0.2, -0.15) is 5.26 Å². The van der Waals surface area contributed by atoms with E-state index in [-0.39, 0.29) is 5.41 Å². The molecule has 0 heterocycles. The second-order valence-electron chi connectivity index (χ2n) is 4.23. The van der Waals surface area contributed by atoms with Gasteiger partial charge in [-0.05, 0) is 24.7 Å². The maximum absolute atomic E-state index is 8.66. The molecule has 1 aliphatic rings. The molecule has 0 radical (unpaired) electrons. The van der Waals surface area contributed by atoms with Gasteiger partial charge < -0.3 is 5.32 Å². The fourth-order valence-electron chi connectivity index (χ4n) is 1.62. The van der Waals surface area contributed by atoms with Crippen LogP contribution in [0.1, 0.15) is 39.0 Å². The van der Waals surface area contributed by atoms with Gasteiger partial charge in [0.05, 0.1) is 6.07 Å². The number of nitrogens with zero attached hydrogens (tertiary/aromatic N) is 1. The third kappa shape index (κ3) is 3.05. The van der Waals surface area contributed by atoms with Gasteiger partial charge in [0.1, 0.15) is 0 Å². The highest BCUT2D eigenvalue weighted by molar-refractivity contribution is 5.01. The summed E-state index contributed by atoms with van der Waals surface area (Å²) in [5.41, 5.74) is 0.288. The highest BCUT2D eigenvalue weighted by Gasteiger charge is 2.42. The van der Waals surface area contributed by atoms with Gasteiger partial charge in [-0.1, -0.05) is 6.92 Å². The zero-order chi connectivity index (χ0) is 10.4. The molecule has 0 aliphatic heterocycles. The van der Waals surface area contributed by atoms with Crippen molar-refractivity contribution >= 4 is 0 Å². The molecule has 2 nitrogen and oxygen atoms in total. The minimum absolute atomic E-state index is 0.288. The van der Waals surface area contributed by atoms with Crippen LogP contribution in [0.4, 0.5) is 0 Å². The molecule has 1 rings (SSSR count). The Bertz CT molecular complexity index is 252. The standard InChI is InChI=1S/C12H18N2/c1-3-5-11(4-2)14-10-12(6-7-12)8-9-13/h1,11,14H,4-8,10H2,2H3. The van der Waals surface area contributed by atoms with Crippen LogP contribution in [0.15, 0.2) is 0 Å². The van der Waals surface area contributed by atoms with E-state index in [0.717, 1.165) is 19.4 Å². The second kappa shape index (κ2) is 5.03. The fraction of sp³-hybridized carbons (Fsp3) is 0.750. The third-order valence-corrected chi connectivity index (χ3v) is 3.03. The Balaban J connectivity index is 2.26. The molecule has 1 fully saturated rings. The molecule has 0 saturated heterocycles. The first-order chi connectivity index (χ1) is 6.76. The molecule has 0 aromatic carbocycles. The largest absolute Gasteiger partial charge is 0.312 e. The minimum Gasteiger partial charge on any atom is -0.312 e. The van der Waals surface area contributed by atoms with Crippen LogP contribution < -0.4 is 5.32 Å². The minimum atomic E-state index is 0.288. The molecule has 1 saturated carbocycles. The molecule has 1 unspecified atom stereocenters. The maximum Gasteiger partial charge on any atom is 0.0628 e. The van der Waals surface area contributed by atoms with Crippen molar-refractivity contribution in [3.05, 3.63) is 0 Å². The zero-order valence-electron chi connectivity index (χ0n) is 8.84. The maximum atomic E-state index is 8.66. The molecule has 0 bridgehead atoms. The first-order valence-corrected chi connectivity index (χ1v) is 5.30. The van der Waals surface area contributed by atoms with E-state index >= 15 is 0 Å². The number of hydrogen-bond acceptors (Lipinski definition) is 2. The van der Waals surface area contributed by atoms with Crippen LogP contribution in [0.25, 0.3) is 0 Å². The van der Waals surface area contributed by atoms with Crippen LogP contribution in [0.2, 0.25) is 0 Å². The molecule has 1 aliphatic carbocycles. The molecule has 0 amide bonds. The van der Waals surface area contributed by atoms with Crippen LogP contribution in [-0.2, 0) is 0 Å². The summed E-state index contributed by atoms with van der Waals surface area (Å²) in [4.78, 5) is 0. The predicted molar refractivity (Wildman–Crippen MR) is 57.4 cm³/mol. The summed E-state index contributed by atoms with van der Waals surface area (Å²) in [6.07, 6.45) is 10.2. The van der Waals surface area contributed by atoms with E-state index in [1.54, 1.807) is 0 Å². The number of nitriles is 1. The van der Waals surface area contributed by atoms with E-state index in [1.807, 2.05) is 0 Å².